The molecular formula is C34H44FN3O3S. The number of hydrogen-bond donors (Lipinski definition) is 3. The van der Waals surface area contributed by atoms with Crippen molar-refractivity contribution in [3.63, 3.8) is 0 Å². The largest absolute Gasteiger partial charge is 0.506 e. The lowest BCUT2D eigenvalue weighted by atomic mass is 9.49. The van der Waals surface area contributed by atoms with Crippen LogP contribution in [0.4, 0.5) is 4.39 Å². The van der Waals surface area contributed by atoms with Crippen LogP contribution in [0, 0.1) is 29.0 Å². The number of aromatic amines is 1. The van der Waals surface area contributed by atoms with Gasteiger partial charge in [0.25, 0.3) is 0 Å². The van der Waals surface area contributed by atoms with Gasteiger partial charge in [0.05, 0.1) is 4.70 Å². The second kappa shape index (κ2) is 12.9. The highest BCUT2D eigenvalue weighted by Gasteiger charge is 2.51. The number of H-pyrrole nitrogens is 1. The van der Waals surface area contributed by atoms with E-state index in [2.05, 4.69) is 15.2 Å². The van der Waals surface area contributed by atoms with Crippen LogP contribution in [-0.4, -0.2) is 47.1 Å². The summed E-state index contributed by atoms with van der Waals surface area (Å²) >= 11 is 1.16. The molecule has 0 unspecified atom stereocenters. The number of amides is 1. The van der Waals surface area contributed by atoms with Crippen molar-refractivity contribution >= 4 is 27.5 Å². The summed E-state index contributed by atoms with van der Waals surface area (Å²) in [7, 11) is 0. The number of phenols is 1. The van der Waals surface area contributed by atoms with Crippen LogP contribution in [0.3, 0.4) is 0 Å². The minimum atomic E-state index is -0.215. The number of carbonyl (C=O) groups is 1. The summed E-state index contributed by atoms with van der Waals surface area (Å²) in [4.78, 5) is 30.2. The van der Waals surface area contributed by atoms with Crippen LogP contribution in [0.2, 0.25) is 0 Å². The lowest BCUT2D eigenvalue weighted by molar-refractivity contribution is -0.137. The molecule has 1 heterocycles. The van der Waals surface area contributed by atoms with Gasteiger partial charge < -0.3 is 20.3 Å². The molecule has 0 spiro atoms. The lowest BCUT2D eigenvalue weighted by Crippen LogP contribution is -2.52. The van der Waals surface area contributed by atoms with Gasteiger partial charge in [-0.15, -0.1) is 0 Å². The first-order valence-electron chi connectivity index (χ1n) is 15.9. The van der Waals surface area contributed by atoms with Gasteiger partial charge in [-0.2, -0.15) is 0 Å². The van der Waals surface area contributed by atoms with Gasteiger partial charge in [-0.05, 0) is 123 Å². The first-order chi connectivity index (χ1) is 20.4. The molecule has 4 aliphatic rings. The van der Waals surface area contributed by atoms with E-state index in [1.807, 2.05) is 18.2 Å². The minimum Gasteiger partial charge on any atom is -0.506 e. The summed E-state index contributed by atoms with van der Waals surface area (Å²) in [5, 5.41) is 13.5. The molecule has 0 radical (unpaired) electrons. The van der Waals surface area contributed by atoms with E-state index in [9.17, 15) is 19.1 Å². The van der Waals surface area contributed by atoms with Crippen LogP contribution in [0.1, 0.15) is 75.3 Å². The van der Waals surface area contributed by atoms with Gasteiger partial charge in [0.15, 0.2) is 0 Å². The Morgan fingerprint density at radius 1 is 0.976 bits per heavy atom. The number of fused-ring (bicyclic) bond motifs is 1. The highest BCUT2D eigenvalue weighted by molar-refractivity contribution is 7.16. The number of rotatable bonds is 14. The molecule has 0 saturated heterocycles. The molecule has 1 aromatic heterocycles. The van der Waals surface area contributed by atoms with Gasteiger partial charge in [0, 0.05) is 26.1 Å². The maximum absolute atomic E-state index is 13.6. The lowest BCUT2D eigenvalue weighted by Gasteiger charge is -2.58. The molecule has 4 fully saturated rings. The normalized spacial score (nSPS) is 24.5. The van der Waals surface area contributed by atoms with Crippen LogP contribution in [0.25, 0.3) is 10.2 Å². The van der Waals surface area contributed by atoms with Gasteiger partial charge in [0.1, 0.15) is 17.1 Å². The first-order valence-corrected chi connectivity index (χ1v) is 16.7. The van der Waals surface area contributed by atoms with E-state index < -0.39 is 0 Å². The molecule has 226 valence electrons. The zero-order chi connectivity index (χ0) is 29.1. The van der Waals surface area contributed by atoms with Crippen molar-refractivity contribution in [1.29, 1.82) is 0 Å². The number of nitrogens with zero attached hydrogens (tertiary/aromatic N) is 1. The fraction of sp³-hybridized carbons (Fsp3) is 0.588. The number of thiazole rings is 1. The monoisotopic (exact) mass is 593 g/mol. The SMILES string of the molecule is O=C(CCNCCc1ccc(F)cc1)N(CCCCCc1ccc(O)c2[nH]c(=O)sc12)CC12CC3CC(CC(C3)C1)C2. The van der Waals surface area contributed by atoms with Crippen molar-refractivity contribution in [3.8, 4) is 5.75 Å². The molecule has 3 aromatic rings. The Morgan fingerprint density at radius 2 is 1.69 bits per heavy atom. The van der Waals surface area contributed by atoms with Crippen molar-refractivity contribution in [2.45, 2.75) is 77.0 Å². The molecule has 7 rings (SSSR count). The predicted molar refractivity (Wildman–Crippen MR) is 166 cm³/mol. The maximum atomic E-state index is 13.6. The average molecular weight is 594 g/mol. The standard InChI is InChI=1S/C34H44FN3O3S/c35-28-8-5-23(6-9-28)11-13-36-14-12-30(40)38(22-34-19-24-16-25(20-34)18-26(17-24)21-34)15-3-1-2-4-27-7-10-29(39)31-32(27)42-33(41)37-31/h5-10,24-26,36,39H,1-4,11-22H2,(H,37,41). The van der Waals surface area contributed by atoms with E-state index in [-0.39, 0.29) is 22.3 Å². The van der Waals surface area contributed by atoms with Crippen molar-refractivity contribution < 1.29 is 14.3 Å². The average Bonchev–Trinajstić information content (AvgIpc) is 3.36. The van der Waals surface area contributed by atoms with Crippen LogP contribution in [0.5, 0.6) is 5.75 Å². The number of aromatic hydroxyl groups is 1. The molecule has 3 N–H and O–H groups in total. The van der Waals surface area contributed by atoms with E-state index in [0.717, 1.165) is 96.7 Å². The van der Waals surface area contributed by atoms with Crippen LogP contribution >= 0.6 is 11.3 Å². The number of halogens is 1. The topological polar surface area (TPSA) is 85.4 Å². The van der Waals surface area contributed by atoms with Crippen molar-refractivity contribution in [1.82, 2.24) is 15.2 Å². The quantitative estimate of drug-likeness (QED) is 0.189. The van der Waals surface area contributed by atoms with E-state index in [1.165, 1.54) is 50.7 Å². The smallest absolute Gasteiger partial charge is 0.305 e. The Labute approximate surface area is 251 Å². The Hall–Kier alpha value is -2.71. The molecule has 42 heavy (non-hydrogen) atoms. The Bertz CT molecular complexity index is 1400. The molecule has 4 saturated carbocycles. The predicted octanol–water partition coefficient (Wildman–Crippen LogP) is 6.41. The number of phenolic OH excluding ortho intramolecular Hbond substituents is 1. The minimum absolute atomic E-state index is 0.121. The number of aryl methyl sites for hydroxylation is 1. The molecule has 8 heteroatoms. The molecule has 1 amide bonds. The van der Waals surface area contributed by atoms with Gasteiger partial charge in [-0.25, -0.2) is 4.39 Å². The summed E-state index contributed by atoms with van der Waals surface area (Å²) in [6.07, 6.45) is 13.3. The fourth-order valence-corrected chi connectivity index (χ4v) is 9.50. The third-order valence-electron chi connectivity index (χ3n) is 10.1. The summed E-state index contributed by atoms with van der Waals surface area (Å²) < 4.78 is 14.0. The van der Waals surface area contributed by atoms with E-state index in [0.29, 0.717) is 23.9 Å². The van der Waals surface area contributed by atoms with E-state index >= 15 is 0 Å². The van der Waals surface area contributed by atoms with Crippen molar-refractivity contribution in [2.24, 2.45) is 23.2 Å². The second-order valence-corrected chi connectivity index (χ2v) is 14.4. The third-order valence-corrected chi connectivity index (χ3v) is 11.0. The Kier molecular flexibility index (Phi) is 9.01. The zero-order valence-electron chi connectivity index (χ0n) is 24.5. The van der Waals surface area contributed by atoms with E-state index in [1.54, 1.807) is 6.07 Å². The molecule has 4 aliphatic carbocycles. The van der Waals surface area contributed by atoms with Crippen LogP contribution in [0.15, 0.2) is 41.2 Å². The molecule has 0 aliphatic heterocycles. The number of unbranched alkanes of at least 4 members (excludes halogenated alkanes) is 2. The first kappa shape index (κ1) is 29.4. The van der Waals surface area contributed by atoms with Gasteiger partial charge in [-0.3, -0.25) is 9.59 Å². The Balaban J connectivity index is 1.01. The number of benzene rings is 2. The summed E-state index contributed by atoms with van der Waals surface area (Å²) in [6.45, 7) is 3.15. The zero-order valence-corrected chi connectivity index (χ0v) is 25.3. The number of carbonyl (C=O) groups excluding carboxylic acids is 1. The molecule has 0 atom stereocenters. The molecule has 4 bridgehead atoms. The summed E-state index contributed by atoms with van der Waals surface area (Å²) in [6, 6.07) is 10.2. The summed E-state index contributed by atoms with van der Waals surface area (Å²) in [5.41, 5.74) is 3.06. The third kappa shape index (κ3) is 6.91. The highest BCUT2D eigenvalue weighted by Crippen LogP contribution is 2.60. The molecule has 2 aromatic carbocycles. The number of aromatic nitrogens is 1. The van der Waals surface area contributed by atoms with Gasteiger partial charge >= 0.3 is 4.87 Å². The van der Waals surface area contributed by atoms with Crippen molar-refractivity contribution in [3.05, 3.63) is 63.0 Å². The fourth-order valence-electron chi connectivity index (χ4n) is 8.61. The molecular weight excluding hydrogens is 549 g/mol. The molecule has 6 nitrogen and oxygen atoms in total. The summed E-state index contributed by atoms with van der Waals surface area (Å²) in [5.74, 6) is 2.77. The maximum Gasteiger partial charge on any atom is 0.305 e. The number of nitrogens with one attached hydrogen (secondary N) is 2. The van der Waals surface area contributed by atoms with Crippen LogP contribution < -0.4 is 10.2 Å². The Morgan fingerprint density at radius 3 is 2.40 bits per heavy atom. The van der Waals surface area contributed by atoms with Crippen LogP contribution in [-0.2, 0) is 17.6 Å². The van der Waals surface area contributed by atoms with Crippen molar-refractivity contribution in [2.75, 3.05) is 26.2 Å². The number of hydrogen-bond acceptors (Lipinski definition) is 5. The highest BCUT2D eigenvalue weighted by atomic mass is 32.1. The van der Waals surface area contributed by atoms with Gasteiger partial charge in [0.2, 0.25) is 5.91 Å². The second-order valence-electron chi connectivity index (χ2n) is 13.4. The van der Waals surface area contributed by atoms with E-state index in [4.69, 9.17) is 0 Å². The van der Waals surface area contributed by atoms with Gasteiger partial charge in [-0.1, -0.05) is 36.0 Å².